The number of amides is 1. The Kier molecular flexibility index (Phi) is 47.6. The van der Waals surface area contributed by atoms with Gasteiger partial charge in [-0.25, -0.2) is 0 Å². The molecule has 3 atom stereocenters. The van der Waals surface area contributed by atoms with Crippen LogP contribution in [0.15, 0.2) is 36.5 Å². The number of ether oxygens (including phenoxy) is 1. The number of nitrogens with one attached hydrogen (secondary N) is 1. The monoisotopic (exact) mass is 858 g/mol. The van der Waals surface area contributed by atoms with E-state index in [0.29, 0.717) is 19.3 Å². The zero-order chi connectivity index (χ0) is 44.5. The van der Waals surface area contributed by atoms with Crippen LogP contribution in [-0.2, 0) is 14.3 Å². The highest BCUT2D eigenvalue weighted by atomic mass is 16.5. The van der Waals surface area contributed by atoms with Crippen molar-refractivity contribution in [1.82, 2.24) is 5.32 Å². The van der Waals surface area contributed by atoms with Crippen LogP contribution in [0.5, 0.6) is 0 Å². The number of aliphatic hydroxyl groups is 2. The van der Waals surface area contributed by atoms with Gasteiger partial charge in [0.15, 0.2) is 0 Å². The maximum atomic E-state index is 13.2. The third kappa shape index (κ3) is 44.5. The van der Waals surface area contributed by atoms with Gasteiger partial charge in [0, 0.05) is 6.42 Å². The normalized spacial score (nSPS) is 13.5. The minimum Gasteiger partial charge on any atom is -0.462 e. The van der Waals surface area contributed by atoms with Crippen molar-refractivity contribution < 1.29 is 24.5 Å². The molecule has 3 unspecified atom stereocenters. The minimum atomic E-state index is -0.788. The summed E-state index contributed by atoms with van der Waals surface area (Å²) in [6, 6.07) is -0.702. The zero-order valence-electron chi connectivity index (χ0n) is 40.8. The first-order valence-electron chi connectivity index (χ1n) is 26.7. The fourth-order valence-corrected chi connectivity index (χ4v) is 8.26. The number of unbranched alkanes of at least 4 members (excludes halogenated alkanes) is 32. The lowest BCUT2D eigenvalue weighted by Gasteiger charge is -2.24. The van der Waals surface area contributed by atoms with Crippen LogP contribution >= 0.6 is 0 Å². The Morgan fingerprint density at radius 1 is 0.492 bits per heavy atom. The second-order valence-corrected chi connectivity index (χ2v) is 18.3. The Morgan fingerprint density at radius 2 is 0.885 bits per heavy atom. The first-order chi connectivity index (χ1) is 30.0. The summed E-state index contributed by atoms with van der Waals surface area (Å²) in [5, 5.41) is 23.8. The van der Waals surface area contributed by atoms with E-state index in [2.05, 4.69) is 62.5 Å². The lowest BCUT2D eigenvalue weighted by atomic mass is 10.0. The molecule has 0 saturated heterocycles. The van der Waals surface area contributed by atoms with E-state index in [1.807, 2.05) is 0 Å². The summed E-state index contributed by atoms with van der Waals surface area (Å²) in [6.07, 6.45) is 57.7. The van der Waals surface area contributed by atoms with Crippen LogP contribution in [-0.4, -0.2) is 46.9 Å². The highest BCUT2D eigenvalue weighted by molar-refractivity contribution is 5.77. The van der Waals surface area contributed by atoms with Crippen LogP contribution in [0.2, 0.25) is 0 Å². The van der Waals surface area contributed by atoms with Gasteiger partial charge in [-0.15, -0.1) is 0 Å². The molecule has 3 N–H and O–H groups in total. The lowest BCUT2D eigenvalue weighted by molar-refractivity contribution is -0.151. The predicted molar refractivity (Wildman–Crippen MR) is 264 cm³/mol. The first-order valence-corrected chi connectivity index (χ1v) is 26.7. The number of hydrogen-bond acceptors (Lipinski definition) is 5. The molecule has 0 rings (SSSR count). The van der Waals surface area contributed by atoms with Crippen molar-refractivity contribution in [2.45, 2.75) is 296 Å². The van der Waals surface area contributed by atoms with Crippen molar-refractivity contribution in [3.63, 3.8) is 0 Å². The van der Waals surface area contributed by atoms with Gasteiger partial charge < -0.3 is 20.3 Å². The summed E-state index contributed by atoms with van der Waals surface area (Å²) in [6.45, 7) is 6.37. The lowest BCUT2D eigenvalue weighted by Crippen LogP contribution is -2.46. The van der Waals surface area contributed by atoms with E-state index in [1.54, 1.807) is 0 Å². The van der Waals surface area contributed by atoms with Gasteiger partial charge in [0.25, 0.3) is 0 Å². The summed E-state index contributed by atoms with van der Waals surface area (Å²) in [5.74, 6) is -0.485. The van der Waals surface area contributed by atoms with Crippen LogP contribution < -0.4 is 5.32 Å². The highest BCUT2D eigenvalue weighted by Gasteiger charge is 2.24. The SMILES string of the molecule is CC/C=C/C=C/C=C\CCCCCCCC(=O)OC(CCCCCCCCCCCCCCCC)CC(=O)NC(CO)C(O)CCCCCCCCCCCCCCCCC. The van der Waals surface area contributed by atoms with E-state index in [0.717, 1.165) is 70.6 Å². The van der Waals surface area contributed by atoms with E-state index >= 15 is 0 Å². The van der Waals surface area contributed by atoms with Crippen LogP contribution in [0.4, 0.5) is 0 Å². The molecule has 0 aromatic rings. The molecule has 61 heavy (non-hydrogen) atoms. The molecular formula is C55H103NO5. The molecule has 0 aromatic heterocycles. The van der Waals surface area contributed by atoms with Gasteiger partial charge >= 0.3 is 5.97 Å². The highest BCUT2D eigenvalue weighted by Crippen LogP contribution is 2.19. The van der Waals surface area contributed by atoms with E-state index in [1.165, 1.54) is 161 Å². The number of rotatable bonds is 48. The number of aliphatic hydroxyl groups excluding tert-OH is 2. The van der Waals surface area contributed by atoms with Gasteiger partial charge in [0.1, 0.15) is 6.10 Å². The molecule has 0 heterocycles. The van der Waals surface area contributed by atoms with Crippen LogP contribution in [0.1, 0.15) is 278 Å². The predicted octanol–water partition coefficient (Wildman–Crippen LogP) is 16.1. The minimum absolute atomic E-state index is 0.0734. The van der Waals surface area contributed by atoms with Crippen molar-refractivity contribution in [3.05, 3.63) is 36.5 Å². The average Bonchev–Trinajstić information content (AvgIpc) is 3.25. The number of carbonyl (C=O) groups is 2. The van der Waals surface area contributed by atoms with Crippen LogP contribution in [0.3, 0.4) is 0 Å². The Hall–Kier alpha value is -1.92. The summed E-state index contributed by atoms with van der Waals surface area (Å²) in [7, 11) is 0. The maximum absolute atomic E-state index is 13.2. The molecule has 0 aliphatic heterocycles. The number of allylic oxidation sites excluding steroid dienone is 6. The number of carbonyl (C=O) groups excluding carboxylic acids is 2. The van der Waals surface area contributed by atoms with E-state index in [-0.39, 0.29) is 24.9 Å². The fourth-order valence-electron chi connectivity index (χ4n) is 8.26. The third-order valence-corrected chi connectivity index (χ3v) is 12.3. The Bertz CT molecular complexity index is 1010. The van der Waals surface area contributed by atoms with Crippen molar-refractivity contribution in [1.29, 1.82) is 0 Å². The molecule has 0 fully saturated rings. The summed E-state index contributed by atoms with van der Waals surface area (Å²) < 4.78 is 5.93. The van der Waals surface area contributed by atoms with Crippen LogP contribution in [0, 0.1) is 0 Å². The molecule has 0 radical (unpaired) electrons. The average molecular weight is 858 g/mol. The molecule has 0 spiro atoms. The number of esters is 1. The molecule has 1 amide bonds. The van der Waals surface area contributed by atoms with E-state index < -0.39 is 18.2 Å². The van der Waals surface area contributed by atoms with Gasteiger partial charge in [-0.3, -0.25) is 9.59 Å². The van der Waals surface area contributed by atoms with Crippen molar-refractivity contribution >= 4 is 11.9 Å². The molecule has 0 aliphatic rings. The molecule has 0 aliphatic carbocycles. The van der Waals surface area contributed by atoms with E-state index in [4.69, 9.17) is 4.74 Å². The largest absolute Gasteiger partial charge is 0.462 e. The number of hydrogen-bond donors (Lipinski definition) is 3. The topological polar surface area (TPSA) is 95.9 Å². The maximum Gasteiger partial charge on any atom is 0.306 e. The third-order valence-electron chi connectivity index (χ3n) is 12.3. The van der Waals surface area contributed by atoms with Crippen molar-refractivity contribution in [2.75, 3.05) is 6.61 Å². The molecule has 0 aromatic carbocycles. The molecule has 0 saturated carbocycles. The molecule has 0 bridgehead atoms. The summed E-state index contributed by atoms with van der Waals surface area (Å²) in [5.41, 5.74) is 0. The molecule has 6 heteroatoms. The Morgan fingerprint density at radius 3 is 1.33 bits per heavy atom. The molecular weight excluding hydrogens is 755 g/mol. The van der Waals surface area contributed by atoms with Gasteiger partial charge in [-0.1, -0.05) is 256 Å². The van der Waals surface area contributed by atoms with E-state index in [9.17, 15) is 19.8 Å². The zero-order valence-corrected chi connectivity index (χ0v) is 40.8. The van der Waals surface area contributed by atoms with Crippen molar-refractivity contribution in [2.24, 2.45) is 0 Å². The standard InChI is InChI=1S/C55H103NO5/c1-4-7-10-13-16-19-22-25-27-30-32-35-38-41-44-47-53(58)52(50-57)56-54(59)49-51(46-43-40-37-34-31-29-26-23-20-17-14-11-8-5-2)61-55(60)48-45-42-39-36-33-28-24-21-18-15-12-9-6-3/h9,12,15,18,21,24,51-53,57-58H,4-8,10-11,13-14,16-17,19-20,22-23,25-50H2,1-3H3,(H,56,59)/b12-9+,18-15+,24-21-. The molecule has 358 valence electrons. The quantitative estimate of drug-likeness (QED) is 0.0322. The van der Waals surface area contributed by atoms with Gasteiger partial charge in [0.2, 0.25) is 5.91 Å². The summed E-state index contributed by atoms with van der Waals surface area (Å²) >= 11 is 0. The Balaban J connectivity index is 4.54. The second kappa shape index (κ2) is 49.1. The van der Waals surface area contributed by atoms with Gasteiger partial charge in [-0.05, 0) is 44.9 Å². The van der Waals surface area contributed by atoms with Crippen LogP contribution in [0.25, 0.3) is 0 Å². The fraction of sp³-hybridized carbons (Fsp3) is 0.855. The van der Waals surface area contributed by atoms with Gasteiger partial charge in [0.05, 0.1) is 25.2 Å². The second-order valence-electron chi connectivity index (χ2n) is 18.3. The summed E-state index contributed by atoms with van der Waals surface area (Å²) in [4.78, 5) is 26.2. The van der Waals surface area contributed by atoms with Gasteiger partial charge in [-0.2, -0.15) is 0 Å². The Labute approximate surface area is 379 Å². The first kappa shape index (κ1) is 59.1. The smallest absolute Gasteiger partial charge is 0.306 e. The van der Waals surface area contributed by atoms with Crippen molar-refractivity contribution in [3.8, 4) is 0 Å². The molecule has 6 nitrogen and oxygen atoms in total.